The summed E-state index contributed by atoms with van der Waals surface area (Å²) < 4.78 is 168. The van der Waals surface area contributed by atoms with E-state index in [0.29, 0.717) is 0 Å². The van der Waals surface area contributed by atoms with Gasteiger partial charge in [0.25, 0.3) is 0 Å². The van der Waals surface area contributed by atoms with Crippen LogP contribution in [0.25, 0.3) is 0 Å². The predicted octanol–water partition coefficient (Wildman–Crippen LogP) is 5.10. The van der Waals surface area contributed by atoms with Gasteiger partial charge in [0.05, 0.1) is 45.2 Å². The van der Waals surface area contributed by atoms with Crippen molar-refractivity contribution in [2.45, 2.75) is 46.4 Å². The number of hydrogen-bond acceptors (Lipinski definition) is 5. The molecule has 5 nitrogen and oxygen atoms in total. The monoisotopic (exact) mass is 658 g/mol. The van der Waals surface area contributed by atoms with E-state index in [1.807, 2.05) is 0 Å². The van der Waals surface area contributed by atoms with Gasteiger partial charge in [-0.25, -0.2) is 4.79 Å². The van der Waals surface area contributed by atoms with Crippen LogP contribution in [0.2, 0.25) is 0 Å². The summed E-state index contributed by atoms with van der Waals surface area (Å²) in [6.07, 6.45) is -3.73. The topological polar surface area (TPSA) is 65.0 Å². The molecule has 208 valence electrons. The molecule has 0 aromatic carbocycles. The number of aliphatic hydroxyl groups excluding tert-OH is 1. The third kappa shape index (κ3) is 7.73. The zero-order valence-electron chi connectivity index (χ0n) is 17.4. The molecule has 0 heterocycles. The van der Waals surface area contributed by atoms with Gasteiger partial charge in [-0.15, -0.1) is 0 Å². The molecule has 0 rings (SSSR count). The molecule has 0 bridgehead atoms. The van der Waals surface area contributed by atoms with E-state index in [2.05, 4.69) is 11.3 Å². The Hall–Kier alpha value is -1.02. The maximum atomic E-state index is 13.7. The van der Waals surface area contributed by atoms with Crippen molar-refractivity contribution in [2.75, 3.05) is 39.6 Å². The number of carbonyl (C=O) groups excluding carboxylic acids is 1. The predicted molar refractivity (Wildman–Crippen MR) is 102 cm³/mol. The Morgan fingerprint density at radius 2 is 1.23 bits per heavy atom. The van der Waals surface area contributed by atoms with Gasteiger partial charge in [0.15, 0.2) is 0 Å². The van der Waals surface area contributed by atoms with Gasteiger partial charge >= 0.3 is 39.5 Å². The quantitative estimate of drug-likeness (QED) is 0.0590. The smallest absolute Gasteiger partial charge is 0.387 e. The maximum absolute atomic E-state index is 13.7. The van der Waals surface area contributed by atoms with Crippen molar-refractivity contribution in [3.63, 3.8) is 0 Å². The molecule has 35 heavy (non-hydrogen) atoms. The van der Waals surface area contributed by atoms with Crippen molar-refractivity contribution in [2.24, 2.45) is 0 Å². The number of rotatable bonds is 17. The van der Waals surface area contributed by atoms with Crippen LogP contribution in [0, 0.1) is 0 Å². The van der Waals surface area contributed by atoms with E-state index in [1.54, 1.807) is 0 Å². The number of aliphatic hydroxyl groups is 1. The van der Waals surface area contributed by atoms with Crippen molar-refractivity contribution in [1.82, 2.24) is 0 Å². The lowest BCUT2D eigenvalue weighted by atomic mass is 9.92. The van der Waals surface area contributed by atoms with Gasteiger partial charge < -0.3 is 19.3 Å². The Morgan fingerprint density at radius 3 is 1.71 bits per heavy atom. The fourth-order valence-corrected chi connectivity index (χ4v) is 2.40. The molecule has 0 unspecified atom stereocenters. The molecule has 0 aliphatic rings. The molecule has 0 amide bonds. The second-order valence-corrected chi connectivity index (χ2v) is 8.09. The lowest BCUT2D eigenvalue weighted by Crippen LogP contribution is -2.69. The molecule has 0 saturated carbocycles. The summed E-state index contributed by atoms with van der Waals surface area (Å²) in [4.78, 5) is 11.5. The number of carbonyl (C=O) groups is 1. The highest BCUT2D eigenvalue weighted by atomic mass is 127. The first-order valence-electron chi connectivity index (χ1n) is 9.19. The van der Waals surface area contributed by atoms with Crippen LogP contribution in [0.15, 0.2) is 12.2 Å². The first kappa shape index (κ1) is 34.0. The van der Waals surface area contributed by atoms with Crippen LogP contribution >= 0.6 is 22.6 Å². The lowest BCUT2D eigenvalue weighted by molar-refractivity contribution is -0.414. The summed E-state index contributed by atoms with van der Waals surface area (Å²) in [5.41, 5.74) is -0.405. The largest absolute Gasteiger partial charge is 0.462 e. The van der Waals surface area contributed by atoms with Crippen LogP contribution in [-0.2, 0) is 19.0 Å². The third-order valence-corrected chi connectivity index (χ3v) is 4.72. The minimum atomic E-state index is -7.62. The fraction of sp³-hybridized carbons (Fsp3) is 0.824. The average molecular weight is 658 g/mol. The van der Waals surface area contributed by atoms with Crippen molar-refractivity contribution >= 4 is 28.6 Å². The Balaban J connectivity index is 5.01. The van der Waals surface area contributed by atoms with Crippen LogP contribution in [0.3, 0.4) is 0 Å². The van der Waals surface area contributed by atoms with Gasteiger partial charge in [0.2, 0.25) is 0 Å². The third-order valence-electron chi connectivity index (χ3n) is 4.04. The molecule has 0 fully saturated rings. The van der Waals surface area contributed by atoms with E-state index >= 15 is 0 Å². The second-order valence-electron chi connectivity index (χ2n) is 6.73. The van der Waals surface area contributed by atoms with Crippen LogP contribution in [0.5, 0.6) is 0 Å². The highest BCUT2D eigenvalue weighted by Crippen LogP contribution is 2.61. The van der Waals surface area contributed by atoms with Crippen molar-refractivity contribution in [3.05, 3.63) is 12.2 Å². The zero-order valence-corrected chi connectivity index (χ0v) is 19.5. The van der Waals surface area contributed by atoms with Gasteiger partial charge in [-0.2, -0.15) is 52.7 Å². The molecular formula is C17H19F12IO5. The first-order chi connectivity index (χ1) is 15.6. The summed E-state index contributed by atoms with van der Waals surface area (Å²) in [6.45, 7) is 1.27. The Labute approximate surface area is 203 Å². The number of halogens is 13. The van der Waals surface area contributed by atoms with Crippen LogP contribution in [-0.4, -0.2) is 84.3 Å². The Bertz CT molecular complexity index is 712. The number of hydrogen-bond donors (Lipinski definition) is 1. The number of ether oxygens (including phenoxy) is 3. The molecule has 0 aliphatic carbocycles. The molecule has 0 radical (unpaired) electrons. The summed E-state index contributed by atoms with van der Waals surface area (Å²) in [7, 11) is 0. The normalized spacial score (nSPS) is 14.2. The van der Waals surface area contributed by atoms with E-state index in [4.69, 9.17) is 14.6 Å². The summed E-state index contributed by atoms with van der Waals surface area (Å²) in [5, 5.41) is 8.46. The minimum absolute atomic E-state index is 0.00672. The minimum Gasteiger partial charge on any atom is -0.462 e. The van der Waals surface area contributed by atoms with Gasteiger partial charge in [0, 0.05) is 29.0 Å². The first-order valence-corrected chi connectivity index (χ1v) is 10.3. The highest BCUT2D eigenvalue weighted by molar-refractivity contribution is 14.1. The number of alkyl halides is 13. The van der Waals surface area contributed by atoms with E-state index in [0.717, 1.165) is 0 Å². The lowest BCUT2D eigenvalue weighted by Gasteiger charge is -2.40. The highest BCUT2D eigenvalue weighted by Gasteiger charge is 2.89. The summed E-state index contributed by atoms with van der Waals surface area (Å²) >= 11 is -0.721. The van der Waals surface area contributed by atoms with Crippen LogP contribution < -0.4 is 0 Å². The standard InChI is InChI=1S/C17H19F12IO5/c1-10(9-34-8-7-33-6-4-31)11(32)35-5-2-3-12(18,19)13(20,21)14(22,23)15(24,25)16(26,27)17(28,29)30/h31H,1-9H2. The molecule has 1 N–H and O–H groups in total. The molecule has 0 aromatic rings. The van der Waals surface area contributed by atoms with E-state index in [-0.39, 0.29) is 26.4 Å². The summed E-state index contributed by atoms with van der Waals surface area (Å²) in [5.74, 6) is -37.0. The van der Waals surface area contributed by atoms with Gasteiger partial charge in [-0.05, 0) is 6.42 Å². The van der Waals surface area contributed by atoms with E-state index < -0.39 is 93.7 Å². The van der Waals surface area contributed by atoms with Crippen LogP contribution in [0.4, 0.5) is 52.7 Å². The molecular weight excluding hydrogens is 639 g/mol. The maximum Gasteiger partial charge on any atom is 0.387 e. The van der Waals surface area contributed by atoms with Crippen molar-refractivity contribution in [1.29, 1.82) is 0 Å². The average Bonchev–Trinajstić information content (AvgIpc) is 2.71. The Morgan fingerprint density at radius 1 is 0.743 bits per heavy atom. The molecule has 0 aromatic heterocycles. The zero-order chi connectivity index (χ0) is 27.9. The van der Waals surface area contributed by atoms with Gasteiger partial charge in [-0.3, -0.25) is 0 Å². The molecule has 0 aliphatic heterocycles. The SMILES string of the molecule is C=C(COCCOCCO)C(=O)OCCCC(F)(F)C(F)(F)C(F)(F)C(F)(F)C(F)(F)C(F)(F)I. The van der Waals surface area contributed by atoms with Crippen molar-refractivity contribution in [3.8, 4) is 0 Å². The molecule has 0 spiro atoms. The summed E-state index contributed by atoms with van der Waals surface area (Å²) in [6, 6.07) is 0. The van der Waals surface area contributed by atoms with E-state index in [9.17, 15) is 57.5 Å². The molecule has 0 saturated heterocycles. The molecule has 18 heteroatoms. The van der Waals surface area contributed by atoms with Crippen LogP contribution in [0.1, 0.15) is 12.8 Å². The second kappa shape index (κ2) is 12.5. The van der Waals surface area contributed by atoms with Crippen molar-refractivity contribution < 1.29 is 76.8 Å². The fourth-order valence-electron chi connectivity index (χ4n) is 2.06. The van der Waals surface area contributed by atoms with Gasteiger partial charge in [0.1, 0.15) is 0 Å². The Kier molecular flexibility index (Phi) is 12.1. The number of esters is 1. The molecule has 0 atom stereocenters. The van der Waals surface area contributed by atoms with Gasteiger partial charge in [-0.1, -0.05) is 6.58 Å². The van der Waals surface area contributed by atoms with E-state index in [1.165, 1.54) is 0 Å².